The largest absolute Gasteiger partial charge is 0.479 e. The van der Waals surface area contributed by atoms with Crippen LogP contribution in [0, 0.1) is 0 Å². The van der Waals surface area contributed by atoms with Gasteiger partial charge >= 0.3 is 12.0 Å². The SMILES string of the molecule is CN1CC(NC(=O)NC2(C(=O)O)CCOC2)CCC1=O. The van der Waals surface area contributed by atoms with Crippen LogP contribution in [0.4, 0.5) is 4.79 Å². The molecule has 0 aromatic heterocycles. The van der Waals surface area contributed by atoms with Gasteiger partial charge in [-0.1, -0.05) is 0 Å². The summed E-state index contributed by atoms with van der Waals surface area (Å²) < 4.78 is 5.07. The molecule has 2 saturated heterocycles. The summed E-state index contributed by atoms with van der Waals surface area (Å²) >= 11 is 0. The molecular formula is C12H19N3O5. The lowest BCUT2D eigenvalue weighted by atomic mass is 9.99. The Morgan fingerprint density at radius 1 is 1.50 bits per heavy atom. The van der Waals surface area contributed by atoms with E-state index in [1.165, 1.54) is 0 Å². The molecule has 3 amide bonds. The summed E-state index contributed by atoms with van der Waals surface area (Å²) in [6.07, 6.45) is 1.20. The number of ether oxygens (including phenoxy) is 1. The van der Waals surface area contributed by atoms with Crippen molar-refractivity contribution in [2.45, 2.75) is 30.8 Å². The minimum atomic E-state index is -1.35. The molecule has 2 heterocycles. The van der Waals surface area contributed by atoms with Crippen LogP contribution in [0.25, 0.3) is 0 Å². The normalized spacial score (nSPS) is 30.1. The van der Waals surface area contributed by atoms with Gasteiger partial charge in [0.15, 0.2) is 5.54 Å². The second kappa shape index (κ2) is 5.66. The first-order valence-electron chi connectivity index (χ1n) is 6.57. The fourth-order valence-electron chi connectivity index (χ4n) is 2.45. The summed E-state index contributed by atoms with van der Waals surface area (Å²) in [4.78, 5) is 36.1. The number of urea groups is 1. The fraction of sp³-hybridized carbons (Fsp3) is 0.750. The zero-order valence-corrected chi connectivity index (χ0v) is 11.3. The van der Waals surface area contributed by atoms with E-state index in [4.69, 9.17) is 4.74 Å². The molecule has 0 bridgehead atoms. The molecular weight excluding hydrogens is 266 g/mol. The first kappa shape index (κ1) is 14.6. The number of carboxylic acid groups (broad SMARTS) is 1. The van der Waals surface area contributed by atoms with Crippen LogP contribution in [0.5, 0.6) is 0 Å². The van der Waals surface area contributed by atoms with Crippen LogP contribution in [0.1, 0.15) is 19.3 Å². The van der Waals surface area contributed by atoms with Crippen molar-refractivity contribution >= 4 is 17.9 Å². The molecule has 0 aromatic rings. The molecule has 2 aliphatic rings. The minimum Gasteiger partial charge on any atom is -0.479 e. The maximum absolute atomic E-state index is 11.9. The van der Waals surface area contributed by atoms with Gasteiger partial charge in [0.2, 0.25) is 5.91 Å². The van der Waals surface area contributed by atoms with Crippen molar-refractivity contribution in [3.05, 3.63) is 0 Å². The van der Waals surface area contributed by atoms with E-state index >= 15 is 0 Å². The van der Waals surface area contributed by atoms with Crippen molar-refractivity contribution in [3.8, 4) is 0 Å². The van der Waals surface area contributed by atoms with Crippen LogP contribution in [0.2, 0.25) is 0 Å². The number of hydrogen-bond donors (Lipinski definition) is 3. The number of nitrogens with zero attached hydrogens (tertiary/aromatic N) is 1. The summed E-state index contributed by atoms with van der Waals surface area (Å²) in [6, 6.07) is -0.698. The molecule has 0 spiro atoms. The standard InChI is InChI=1S/C12H19N3O5/c1-15-6-8(2-3-9(15)16)13-11(19)14-12(10(17)18)4-5-20-7-12/h8H,2-7H2,1H3,(H,17,18)(H2,13,14,19). The molecule has 0 aromatic carbocycles. The van der Waals surface area contributed by atoms with Gasteiger partial charge in [0.1, 0.15) is 0 Å². The summed E-state index contributed by atoms with van der Waals surface area (Å²) in [5.41, 5.74) is -1.35. The van der Waals surface area contributed by atoms with E-state index in [9.17, 15) is 19.5 Å². The van der Waals surface area contributed by atoms with Gasteiger partial charge < -0.3 is 25.4 Å². The van der Waals surface area contributed by atoms with Crippen molar-refractivity contribution in [2.75, 3.05) is 26.8 Å². The maximum atomic E-state index is 11.9. The summed E-state index contributed by atoms with van der Waals surface area (Å²) in [7, 11) is 1.68. The van der Waals surface area contributed by atoms with E-state index < -0.39 is 17.5 Å². The monoisotopic (exact) mass is 285 g/mol. The smallest absolute Gasteiger partial charge is 0.332 e. The number of nitrogens with one attached hydrogen (secondary N) is 2. The number of carbonyl (C=O) groups is 3. The molecule has 2 fully saturated rings. The Labute approximate surface area is 116 Å². The van der Waals surface area contributed by atoms with Crippen LogP contribution < -0.4 is 10.6 Å². The van der Waals surface area contributed by atoms with Crippen LogP contribution in [0.3, 0.4) is 0 Å². The number of likely N-dealkylation sites (N-methyl/N-ethyl adjacent to an activating group) is 1. The number of carboxylic acids is 1. The van der Waals surface area contributed by atoms with Gasteiger partial charge in [0.05, 0.1) is 6.61 Å². The molecule has 2 unspecified atom stereocenters. The molecule has 0 saturated carbocycles. The predicted molar refractivity (Wildman–Crippen MR) is 68.1 cm³/mol. The lowest BCUT2D eigenvalue weighted by Crippen LogP contribution is -2.60. The fourth-order valence-corrected chi connectivity index (χ4v) is 2.45. The lowest BCUT2D eigenvalue weighted by Gasteiger charge is -2.31. The number of likely N-dealkylation sites (tertiary alicyclic amines) is 1. The molecule has 8 heteroatoms. The second-order valence-corrected chi connectivity index (χ2v) is 5.30. The number of hydrogen-bond acceptors (Lipinski definition) is 4. The molecule has 2 atom stereocenters. The number of aliphatic carboxylic acids is 1. The highest BCUT2D eigenvalue weighted by molar-refractivity contribution is 5.87. The third kappa shape index (κ3) is 3.01. The number of rotatable bonds is 3. The predicted octanol–water partition coefficient (Wildman–Crippen LogP) is -0.850. The van der Waals surface area contributed by atoms with E-state index in [1.54, 1.807) is 11.9 Å². The van der Waals surface area contributed by atoms with E-state index in [2.05, 4.69) is 10.6 Å². The Bertz CT molecular complexity index is 419. The van der Waals surface area contributed by atoms with Crippen molar-refractivity contribution < 1.29 is 24.2 Å². The van der Waals surface area contributed by atoms with Crippen molar-refractivity contribution in [1.29, 1.82) is 0 Å². The third-order valence-corrected chi connectivity index (χ3v) is 3.75. The molecule has 2 aliphatic heterocycles. The summed E-state index contributed by atoms with van der Waals surface area (Å²) in [6.45, 7) is 0.717. The van der Waals surface area contributed by atoms with Gasteiger partial charge in [-0.2, -0.15) is 0 Å². The van der Waals surface area contributed by atoms with Crippen LogP contribution in [0.15, 0.2) is 0 Å². The van der Waals surface area contributed by atoms with Gasteiger partial charge in [0.25, 0.3) is 0 Å². The van der Waals surface area contributed by atoms with Gasteiger partial charge in [-0.15, -0.1) is 0 Å². The van der Waals surface area contributed by atoms with Gasteiger partial charge in [-0.25, -0.2) is 9.59 Å². The van der Waals surface area contributed by atoms with E-state index in [-0.39, 0.29) is 25.0 Å². The Morgan fingerprint density at radius 3 is 2.80 bits per heavy atom. The number of amides is 3. The van der Waals surface area contributed by atoms with Gasteiger partial charge in [-0.05, 0) is 6.42 Å². The minimum absolute atomic E-state index is 0.0290. The maximum Gasteiger partial charge on any atom is 0.332 e. The van der Waals surface area contributed by atoms with Gasteiger partial charge in [-0.3, -0.25) is 4.79 Å². The Hall–Kier alpha value is -1.83. The Morgan fingerprint density at radius 2 is 2.25 bits per heavy atom. The molecule has 2 rings (SSSR count). The van der Waals surface area contributed by atoms with Gasteiger partial charge in [0, 0.05) is 39.1 Å². The summed E-state index contributed by atoms with van der Waals surface area (Å²) in [5.74, 6) is -1.05. The molecule has 0 radical (unpaired) electrons. The summed E-state index contributed by atoms with van der Waals surface area (Å²) in [5, 5.41) is 14.4. The molecule has 112 valence electrons. The number of carbonyl (C=O) groups excluding carboxylic acids is 2. The van der Waals surface area contributed by atoms with Crippen molar-refractivity contribution in [3.63, 3.8) is 0 Å². The number of piperidine rings is 1. The molecule has 3 N–H and O–H groups in total. The highest BCUT2D eigenvalue weighted by Gasteiger charge is 2.44. The first-order valence-corrected chi connectivity index (χ1v) is 6.57. The lowest BCUT2D eigenvalue weighted by molar-refractivity contribution is -0.144. The van der Waals surface area contributed by atoms with E-state index in [1.807, 2.05) is 0 Å². The van der Waals surface area contributed by atoms with Crippen molar-refractivity contribution in [2.24, 2.45) is 0 Å². The molecule has 0 aliphatic carbocycles. The van der Waals surface area contributed by atoms with Crippen LogP contribution in [-0.4, -0.2) is 66.3 Å². The van der Waals surface area contributed by atoms with E-state index in [0.29, 0.717) is 26.0 Å². The molecule has 8 nitrogen and oxygen atoms in total. The zero-order valence-electron chi connectivity index (χ0n) is 11.3. The topological polar surface area (TPSA) is 108 Å². The van der Waals surface area contributed by atoms with Crippen molar-refractivity contribution in [1.82, 2.24) is 15.5 Å². The highest BCUT2D eigenvalue weighted by Crippen LogP contribution is 2.19. The first-order chi connectivity index (χ1) is 9.43. The molecule has 20 heavy (non-hydrogen) atoms. The average molecular weight is 285 g/mol. The third-order valence-electron chi connectivity index (χ3n) is 3.75. The van der Waals surface area contributed by atoms with Crippen LogP contribution in [-0.2, 0) is 14.3 Å². The average Bonchev–Trinajstić information content (AvgIpc) is 2.83. The quantitative estimate of drug-likeness (QED) is 0.626. The van der Waals surface area contributed by atoms with Crippen LogP contribution >= 0.6 is 0 Å². The van der Waals surface area contributed by atoms with E-state index in [0.717, 1.165) is 0 Å². The second-order valence-electron chi connectivity index (χ2n) is 5.30. The Balaban J connectivity index is 1.89. The highest BCUT2D eigenvalue weighted by atomic mass is 16.5. The zero-order chi connectivity index (χ0) is 14.8. The Kier molecular flexibility index (Phi) is 4.12.